The van der Waals surface area contributed by atoms with Crippen molar-refractivity contribution in [2.45, 2.75) is 11.8 Å². The van der Waals surface area contributed by atoms with Gasteiger partial charge in [-0.2, -0.15) is 0 Å². The second-order valence-electron chi connectivity index (χ2n) is 6.53. The molecule has 3 nitrogen and oxygen atoms in total. The number of thioether (sulfide) groups is 1. The number of hydrogen-bond donors (Lipinski definition) is 0. The Hall–Kier alpha value is -2.82. The minimum Gasteiger partial charge on any atom is -0.335 e. The van der Waals surface area contributed by atoms with Crippen LogP contribution in [0.1, 0.15) is 27.6 Å². The number of ketones is 2. The molecule has 3 aromatic carbocycles. The third-order valence-corrected chi connectivity index (χ3v) is 6.14. The van der Waals surface area contributed by atoms with Crippen LogP contribution in [0.3, 0.4) is 0 Å². The SMILES string of the molecule is CCN1C(=C(C(=O)c2ccccc2)C(=O)c2ccccc2)Sc2ccc(Cl)cc21. The van der Waals surface area contributed by atoms with E-state index >= 15 is 0 Å². The van der Waals surface area contributed by atoms with E-state index < -0.39 is 0 Å². The molecule has 0 spiro atoms. The van der Waals surface area contributed by atoms with Gasteiger partial charge in [-0.1, -0.05) is 84.0 Å². The lowest BCUT2D eigenvalue weighted by Crippen LogP contribution is -2.24. The van der Waals surface area contributed by atoms with Gasteiger partial charge in [-0.25, -0.2) is 0 Å². The van der Waals surface area contributed by atoms with Crippen LogP contribution in [-0.2, 0) is 0 Å². The van der Waals surface area contributed by atoms with Crippen molar-refractivity contribution in [1.82, 2.24) is 0 Å². The first-order valence-corrected chi connectivity index (χ1v) is 10.5. The highest BCUT2D eigenvalue weighted by molar-refractivity contribution is 8.03. The van der Waals surface area contributed by atoms with Gasteiger partial charge in [-0.3, -0.25) is 9.59 Å². The highest BCUT2D eigenvalue weighted by Crippen LogP contribution is 2.48. The molecule has 0 radical (unpaired) electrons. The summed E-state index contributed by atoms with van der Waals surface area (Å²) in [5, 5.41) is 1.27. The van der Waals surface area contributed by atoms with Crippen LogP contribution >= 0.6 is 23.4 Å². The molecule has 1 aliphatic heterocycles. The second-order valence-corrected chi connectivity index (χ2v) is 8.00. The summed E-state index contributed by atoms with van der Waals surface area (Å²) in [5.41, 5.74) is 2.08. The summed E-state index contributed by atoms with van der Waals surface area (Å²) < 4.78 is 0. The molecule has 0 amide bonds. The summed E-state index contributed by atoms with van der Waals surface area (Å²) in [6.07, 6.45) is 0. The van der Waals surface area contributed by atoms with Crippen LogP contribution in [0.15, 0.2) is 94.4 Å². The normalized spacial score (nSPS) is 12.6. The van der Waals surface area contributed by atoms with E-state index in [0.717, 1.165) is 10.6 Å². The summed E-state index contributed by atoms with van der Waals surface area (Å²) in [4.78, 5) is 29.9. The Bertz CT molecular complexity index is 1060. The first-order chi connectivity index (χ1) is 14.1. The molecule has 0 unspecified atom stereocenters. The fourth-order valence-electron chi connectivity index (χ4n) is 3.32. The van der Waals surface area contributed by atoms with Gasteiger partial charge < -0.3 is 4.90 Å². The van der Waals surface area contributed by atoms with Crippen molar-refractivity contribution in [3.63, 3.8) is 0 Å². The fourth-order valence-corrected chi connectivity index (χ4v) is 4.73. The molecule has 4 rings (SSSR count). The van der Waals surface area contributed by atoms with E-state index in [4.69, 9.17) is 11.6 Å². The van der Waals surface area contributed by atoms with Crippen LogP contribution in [0.25, 0.3) is 0 Å². The number of fused-ring (bicyclic) bond motifs is 1. The Morgan fingerprint density at radius 1 is 0.862 bits per heavy atom. The van der Waals surface area contributed by atoms with Crippen molar-refractivity contribution >= 4 is 40.6 Å². The predicted octanol–water partition coefficient (Wildman–Crippen LogP) is 6.25. The van der Waals surface area contributed by atoms with Crippen LogP contribution in [-0.4, -0.2) is 18.1 Å². The second kappa shape index (κ2) is 8.27. The number of halogens is 1. The topological polar surface area (TPSA) is 37.4 Å². The molecule has 5 heteroatoms. The number of nitrogens with zero attached hydrogens (tertiary/aromatic N) is 1. The molecule has 0 fully saturated rings. The monoisotopic (exact) mass is 419 g/mol. The van der Waals surface area contributed by atoms with Crippen LogP contribution in [0, 0.1) is 0 Å². The standard InChI is InChI=1S/C24H18ClNO2S/c1-2-26-19-15-18(25)13-14-20(19)29-24(26)21(22(27)16-9-5-3-6-10-16)23(28)17-11-7-4-8-12-17/h3-15H,2H2,1H3. The Morgan fingerprint density at radius 3 is 1.93 bits per heavy atom. The summed E-state index contributed by atoms with van der Waals surface area (Å²) >= 11 is 7.64. The van der Waals surface area contributed by atoms with Gasteiger partial charge in [0, 0.05) is 27.6 Å². The number of rotatable bonds is 5. The van der Waals surface area contributed by atoms with E-state index in [-0.39, 0.29) is 17.1 Å². The van der Waals surface area contributed by atoms with E-state index in [1.165, 1.54) is 11.8 Å². The zero-order valence-corrected chi connectivity index (χ0v) is 17.3. The number of anilines is 1. The maximum absolute atomic E-state index is 13.5. The molecule has 1 aliphatic rings. The highest BCUT2D eigenvalue weighted by atomic mass is 35.5. The Labute approximate surface area is 179 Å². The highest BCUT2D eigenvalue weighted by Gasteiger charge is 2.33. The van der Waals surface area contributed by atoms with Gasteiger partial charge >= 0.3 is 0 Å². The molecule has 144 valence electrons. The molecular formula is C24H18ClNO2S. The smallest absolute Gasteiger partial charge is 0.199 e. The number of carbonyl (C=O) groups is 2. The third kappa shape index (κ3) is 3.74. The van der Waals surface area contributed by atoms with Gasteiger partial charge in [0.25, 0.3) is 0 Å². The summed E-state index contributed by atoms with van der Waals surface area (Å²) in [5.74, 6) is -0.557. The number of Topliss-reactive ketones (excluding diaryl/α,β-unsaturated/α-hetero) is 2. The first-order valence-electron chi connectivity index (χ1n) is 9.29. The number of benzene rings is 3. The Balaban J connectivity index is 1.90. The Morgan fingerprint density at radius 2 is 1.41 bits per heavy atom. The van der Waals surface area contributed by atoms with Gasteiger partial charge in [0.05, 0.1) is 10.7 Å². The molecule has 29 heavy (non-hydrogen) atoms. The molecular weight excluding hydrogens is 402 g/mol. The molecule has 0 N–H and O–H groups in total. The number of carbonyl (C=O) groups excluding carboxylic acids is 2. The van der Waals surface area contributed by atoms with Crippen LogP contribution in [0.4, 0.5) is 5.69 Å². The largest absolute Gasteiger partial charge is 0.335 e. The van der Waals surface area contributed by atoms with Crippen molar-refractivity contribution in [2.24, 2.45) is 0 Å². The van der Waals surface area contributed by atoms with Crippen molar-refractivity contribution in [3.05, 3.63) is 106 Å². The molecule has 0 aromatic heterocycles. The molecule has 0 saturated carbocycles. The van der Waals surface area contributed by atoms with Crippen molar-refractivity contribution in [3.8, 4) is 0 Å². The van der Waals surface area contributed by atoms with E-state index in [0.29, 0.717) is 27.7 Å². The summed E-state index contributed by atoms with van der Waals surface area (Å²) in [6.45, 7) is 2.61. The molecule has 0 atom stereocenters. The third-order valence-electron chi connectivity index (χ3n) is 4.72. The minimum atomic E-state index is -0.278. The number of hydrogen-bond acceptors (Lipinski definition) is 4. The van der Waals surface area contributed by atoms with E-state index in [1.807, 2.05) is 42.2 Å². The Kier molecular flexibility index (Phi) is 5.56. The first kappa shape index (κ1) is 19.5. The summed E-state index contributed by atoms with van der Waals surface area (Å²) in [7, 11) is 0. The predicted molar refractivity (Wildman–Crippen MR) is 119 cm³/mol. The van der Waals surface area contributed by atoms with Crippen molar-refractivity contribution < 1.29 is 9.59 Å². The zero-order chi connectivity index (χ0) is 20.4. The maximum Gasteiger partial charge on any atom is 0.199 e. The van der Waals surface area contributed by atoms with E-state index in [1.54, 1.807) is 48.5 Å². The lowest BCUT2D eigenvalue weighted by atomic mass is 9.96. The molecule has 0 aliphatic carbocycles. The van der Waals surface area contributed by atoms with Crippen LogP contribution in [0.2, 0.25) is 5.02 Å². The molecule has 3 aromatic rings. The van der Waals surface area contributed by atoms with Gasteiger partial charge in [-0.05, 0) is 25.1 Å². The van der Waals surface area contributed by atoms with Crippen LogP contribution < -0.4 is 4.90 Å². The average Bonchev–Trinajstić information content (AvgIpc) is 3.12. The van der Waals surface area contributed by atoms with Gasteiger partial charge in [0.15, 0.2) is 11.6 Å². The van der Waals surface area contributed by atoms with Crippen molar-refractivity contribution in [1.29, 1.82) is 0 Å². The summed E-state index contributed by atoms with van der Waals surface area (Å²) in [6, 6.07) is 23.5. The van der Waals surface area contributed by atoms with E-state index in [2.05, 4.69) is 0 Å². The van der Waals surface area contributed by atoms with Gasteiger partial charge in [0.2, 0.25) is 0 Å². The fraction of sp³-hybridized carbons (Fsp3) is 0.0833. The number of allylic oxidation sites excluding steroid dienone is 1. The van der Waals surface area contributed by atoms with E-state index in [9.17, 15) is 9.59 Å². The minimum absolute atomic E-state index is 0.182. The lowest BCUT2D eigenvalue weighted by Gasteiger charge is -2.21. The molecule has 0 bridgehead atoms. The maximum atomic E-state index is 13.5. The van der Waals surface area contributed by atoms with Gasteiger partial charge in [-0.15, -0.1) is 0 Å². The van der Waals surface area contributed by atoms with Crippen LogP contribution in [0.5, 0.6) is 0 Å². The zero-order valence-electron chi connectivity index (χ0n) is 15.8. The van der Waals surface area contributed by atoms with Gasteiger partial charge in [0.1, 0.15) is 5.57 Å². The quantitative estimate of drug-likeness (QED) is 0.212. The lowest BCUT2D eigenvalue weighted by molar-refractivity contribution is 0.0961. The average molecular weight is 420 g/mol. The molecule has 1 heterocycles. The van der Waals surface area contributed by atoms with Crippen molar-refractivity contribution in [2.75, 3.05) is 11.4 Å². The molecule has 0 saturated heterocycles.